The number of hydrogen-bond acceptors (Lipinski definition) is 5. The summed E-state index contributed by atoms with van der Waals surface area (Å²) in [6, 6.07) is 14.1. The maximum absolute atomic E-state index is 12.2. The minimum Gasteiger partial charge on any atom is -0.340 e. The summed E-state index contributed by atoms with van der Waals surface area (Å²) in [5, 5.41) is 9.22. The van der Waals surface area contributed by atoms with Gasteiger partial charge in [0.25, 0.3) is 0 Å². The molecule has 0 unspecified atom stereocenters. The van der Waals surface area contributed by atoms with Crippen LogP contribution in [-0.4, -0.2) is 25.6 Å². The molecule has 0 saturated heterocycles. The average molecular weight is 420 g/mol. The fourth-order valence-electron chi connectivity index (χ4n) is 2.74. The second-order valence-electron chi connectivity index (χ2n) is 6.50. The number of halogens is 1. The van der Waals surface area contributed by atoms with E-state index in [-0.39, 0.29) is 6.03 Å². The quantitative estimate of drug-likeness (QED) is 0.422. The van der Waals surface area contributed by atoms with Crippen LogP contribution in [-0.2, 0) is 0 Å². The van der Waals surface area contributed by atoms with Crippen LogP contribution in [0.15, 0.2) is 73.6 Å². The van der Waals surface area contributed by atoms with E-state index in [1.165, 1.54) is 6.33 Å². The lowest BCUT2D eigenvalue weighted by Crippen LogP contribution is -2.19. The molecule has 0 saturated carbocycles. The molecule has 9 heteroatoms. The third kappa shape index (κ3) is 4.73. The van der Waals surface area contributed by atoms with Crippen molar-refractivity contribution in [3.63, 3.8) is 0 Å². The minimum absolute atomic E-state index is 0.373. The Balaban J connectivity index is 1.38. The third-order valence-corrected chi connectivity index (χ3v) is 4.52. The number of anilines is 4. The van der Waals surface area contributed by atoms with E-state index in [0.717, 1.165) is 11.3 Å². The van der Waals surface area contributed by atoms with Crippen molar-refractivity contribution in [2.24, 2.45) is 0 Å². The summed E-state index contributed by atoms with van der Waals surface area (Å²) in [5.41, 5.74) is 3.03. The summed E-state index contributed by atoms with van der Waals surface area (Å²) in [5.74, 6) is 1.34. The van der Waals surface area contributed by atoms with Crippen LogP contribution in [0.25, 0.3) is 5.82 Å². The molecular weight excluding hydrogens is 402 g/mol. The van der Waals surface area contributed by atoms with Crippen molar-refractivity contribution >= 4 is 40.5 Å². The van der Waals surface area contributed by atoms with Crippen molar-refractivity contribution in [1.82, 2.24) is 19.5 Å². The van der Waals surface area contributed by atoms with Gasteiger partial charge in [0.15, 0.2) is 0 Å². The highest BCUT2D eigenvalue weighted by Crippen LogP contribution is 2.23. The Kier molecular flexibility index (Phi) is 5.58. The molecule has 0 radical (unpaired) electrons. The van der Waals surface area contributed by atoms with Crippen LogP contribution in [0.4, 0.5) is 27.7 Å². The van der Waals surface area contributed by atoms with Gasteiger partial charge in [0.2, 0.25) is 0 Å². The van der Waals surface area contributed by atoms with Crippen LogP contribution in [0, 0.1) is 6.92 Å². The average Bonchev–Trinajstić information content (AvgIpc) is 3.27. The van der Waals surface area contributed by atoms with Gasteiger partial charge in [-0.2, -0.15) is 0 Å². The third-order valence-electron chi connectivity index (χ3n) is 4.21. The summed E-state index contributed by atoms with van der Waals surface area (Å²) >= 11 is 6.15. The standard InChI is InChI=1S/C21H18ClN7O/c1-14-2-7-18(17(22)10-14)28-21(30)27-16-5-3-15(4-6-16)26-19-11-20(25-12-24-19)29-9-8-23-13-29/h2-13H,1H3,(H,24,25,26)(H2,27,28,30). The lowest BCUT2D eigenvalue weighted by Gasteiger charge is -2.11. The number of nitrogens with one attached hydrogen (secondary N) is 3. The van der Waals surface area contributed by atoms with E-state index in [4.69, 9.17) is 11.6 Å². The van der Waals surface area contributed by atoms with Crippen molar-refractivity contribution in [2.45, 2.75) is 6.92 Å². The van der Waals surface area contributed by atoms with Gasteiger partial charge in [0.05, 0.1) is 10.7 Å². The Labute approximate surface area is 178 Å². The van der Waals surface area contributed by atoms with Gasteiger partial charge >= 0.3 is 6.03 Å². The number of rotatable bonds is 5. The molecule has 30 heavy (non-hydrogen) atoms. The Morgan fingerprint density at radius 3 is 2.53 bits per heavy atom. The maximum Gasteiger partial charge on any atom is 0.323 e. The molecule has 2 aromatic carbocycles. The first kappa shape index (κ1) is 19.4. The fraction of sp³-hybridized carbons (Fsp3) is 0.0476. The molecule has 0 bridgehead atoms. The van der Waals surface area contributed by atoms with Crippen LogP contribution in [0.3, 0.4) is 0 Å². The lowest BCUT2D eigenvalue weighted by molar-refractivity contribution is 0.262. The first-order valence-electron chi connectivity index (χ1n) is 9.08. The number of carbonyl (C=O) groups excluding carboxylic acids is 1. The highest BCUT2D eigenvalue weighted by molar-refractivity contribution is 6.33. The molecule has 0 spiro atoms. The van der Waals surface area contributed by atoms with E-state index < -0.39 is 0 Å². The molecule has 150 valence electrons. The van der Waals surface area contributed by atoms with Gasteiger partial charge in [-0.05, 0) is 48.9 Å². The van der Waals surface area contributed by atoms with Crippen molar-refractivity contribution < 1.29 is 4.79 Å². The molecule has 4 aromatic rings. The van der Waals surface area contributed by atoms with Gasteiger partial charge in [-0.25, -0.2) is 19.7 Å². The molecule has 2 amide bonds. The normalized spacial score (nSPS) is 10.5. The number of aryl methyl sites for hydroxylation is 1. The zero-order chi connectivity index (χ0) is 20.9. The molecule has 0 aliphatic rings. The molecule has 3 N–H and O–H groups in total. The summed E-state index contributed by atoms with van der Waals surface area (Å²) in [4.78, 5) is 24.7. The first-order chi connectivity index (χ1) is 14.6. The van der Waals surface area contributed by atoms with E-state index in [9.17, 15) is 4.79 Å². The van der Waals surface area contributed by atoms with E-state index in [2.05, 4.69) is 30.9 Å². The van der Waals surface area contributed by atoms with Crippen molar-refractivity contribution in [2.75, 3.05) is 16.0 Å². The van der Waals surface area contributed by atoms with Crippen molar-refractivity contribution in [3.05, 3.63) is 84.2 Å². The molecule has 4 rings (SSSR count). The number of nitrogens with zero attached hydrogens (tertiary/aromatic N) is 4. The molecule has 0 fully saturated rings. The number of urea groups is 1. The second kappa shape index (κ2) is 8.62. The van der Waals surface area contributed by atoms with E-state index in [1.54, 1.807) is 47.6 Å². The van der Waals surface area contributed by atoms with E-state index >= 15 is 0 Å². The van der Waals surface area contributed by atoms with Crippen LogP contribution in [0.2, 0.25) is 5.02 Å². The Morgan fingerprint density at radius 2 is 1.80 bits per heavy atom. The Hall–Kier alpha value is -3.91. The molecular formula is C21H18ClN7O. The number of amides is 2. The molecule has 2 heterocycles. The molecule has 0 atom stereocenters. The molecule has 8 nitrogen and oxygen atoms in total. The highest BCUT2D eigenvalue weighted by Gasteiger charge is 2.07. The van der Waals surface area contributed by atoms with Gasteiger partial charge < -0.3 is 16.0 Å². The number of benzene rings is 2. The lowest BCUT2D eigenvalue weighted by atomic mass is 10.2. The summed E-state index contributed by atoms with van der Waals surface area (Å²) in [6.45, 7) is 1.94. The SMILES string of the molecule is Cc1ccc(NC(=O)Nc2ccc(Nc3cc(-n4ccnc4)ncn3)cc2)c(Cl)c1. The van der Waals surface area contributed by atoms with Crippen LogP contribution in [0.1, 0.15) is 5.56 Å². The monoisotopic (exact) mass is 419 g/mol. The van der Waals surface area contributed by atoms with Crippen molar-refractivity contribution in [1.29, 1.82) is 0 Å². The van der Waals surface area contributed by atoms with E-state index in [1.807, 2.05) is 31.2 Å². The predicted molar refractivity (Wildman–Crippen MR) is 118 cm³/mol. The summed E-state index contributed by atoms with van der Waals surface area (Å²) in [6.07, 6.45) is 6.64. The number of carbonyl (C=O) groups is 1. The van der Waals surface area contributed by atoms with Crippen LogP contribution >= 0.6 is 11.6 Å². The number of imidazole rings is 1. The van der Waals surface area contributed by atoms with Crippen LogP contribution < -0.4 is 16.0 Å². The van der Waals surface area contributed by atoms with E-state index in [0.29, 0.717) is 28.0 Å². The Bertz CT molecular complexity index is 1160. The maximum atomic E-state index is 12.2. The van der Waals surface area contributed by atoms with Gasteiger partial charge in [0, 0.05) is 29.8 Å². The molecule has 2 aromatic heterocycles. The van der Waals surface area contributed by atoms with Crippen LogP contribution in [0.5, 0.6) is 0 Å². The molecule has 0 aliphatic heterocycles. The zero-order valence-electron chi connectivity index (χ0n) is 16.0. The molecule has 0 aliphatic carbocycles. The smallest absolute Gasteiger partial charge is 0.323 e. The minimum atomic E-state index is -0.373. The number of hydrogen-bond donors (Lipinski definition) is 3. The summed E-state index contributed by atoms with van der Waals surface area (Å²) in [7, 11) is 0. The Morgan fingerprint density at radius 1 is 1.00 bits per heavy atom. The van der Waals surface area contributed by atoms with Gasteiger partial charge in [-0.1, -0.05) is 17.7 Å². The summed E-state index contributed by atoms with van der Waals surface area (Å²) < 4.78 is 1.79. The topological polar surface area (TPSA) is 96.8 Å². The zero-order valence-corrected chi connectivity index (χ0v) is 16.8. The van der Waals surface area contributed by atoms with Gasteiger partial charge in [-0.3, -0.25) is 4.57 Å². The van der Waals surface area contributed by atoms with Gasteiger partial charge in [-0.15, -0.1) is 0 Å². The first-order valence-corrected chi connectivity index (χ1v) is 9.46. The largest absolute Gasteiger partial charge is 0.340 e. The van der Waals surface area contributed by atoms with Crippen molar-refractivity contribution in [3.8, 4) is 5.82 Å². The highest BCUT2D eigenvalue weighted by atomic mass is 35.5. The number of aromatic nitrogens is 4. The fourth-order valence-corrected chi connectivity index (χ4v) is 3.02. The predicted octanol–water partition coefficient (Wildman–Crippen LogP) is 5.01. The van der Waals surface area contributed by atoms with Gasteiger partial charge in [0.1, 0.15) is 24.3 Å². The second-order valence-corrected chi connectivity index (χ2v) is 6.90.